The van der Waals surface area contributed by atoms with Crippen LogP contribution < -0.4 is 0 Å². The van der Waals surface area contributed by atoms with E-state index in [9.17, 15) is 4.39 Å². The van der Waals surface area contributed by atoms with Crippen LogP contribution in [0.5, 0.6) is 0 Å². The highest BCUT2D eigenvalue weighted by molar-refractivity contribution is 6.14. The van der Waals surface area contributed by atoms with Crippen molar-refractivity contribution in [1.29, 1.82) is 0 Å². The van der Waals surface area contributed by atoms with Crippen LogP contribution in [0.25, 0.3) is 10.9 Å². The summed E-state index contributed by atoms with van der Waals surface area (Å²) in [6.07, 6.45) is 0. The highest BCUT2D eigenvalue weighted by Crippen LogP contribution is 2.43. The summed E-state index contributed by atoms with van der Waals surface area (Å²) in [7, 11) is 0. The Hall–Kier alpha value is -2.55. The summed E-state index contributed by atoms with van der Waals surface area (Å²) < 4.78 is 14.0. The molecule has 0 N–H and O–H groups in total. The van der Waals surface area contributed by atoms with E-state index in [4.69, 9.17) is 9.98 Å². The van der Waals surface area contributed by atoms with E-state index in [1.165, 1.54) is 6.07 Å². The molecule has 0 radical (unpaired) electrons. The van der Waals surface area contributed by atoms with Gasteiger partial charge in [0.25, 0.3) is 0 Å². The highest BCUT2D eigenvalue weighted by Gasteiger charge is 2.44. The number of hydrogen-bond acceptors (Lipinski definition) is 2. The molecule has 1 aliphatic heterocycles. The summed E-state index contributed by atoms with van der Waals surface area (Å²) in [5.41, 5.74) is 3.91. The first kappa shape index (κ1) is 15.9. The smallest absolute Gasteiger partial charge is 0.123 e. The van der Waals surface area contributed by atoms with Crippen molar-refractivity contribution < 1.29 is 4.39 Å². The van der Waals surface area contributed by atoms with E-state index >= 15 is 0 Å². The summed E-state index contributed by atoms with van der Waals surface area (Å²) in [5.74, 6) is -0.247. The molecule has 3 heteroatoms. The summed E-state index contributed by atoms with van der Waals surface area (Å²) in [6, 6.07) is 17.0. The van der Waals surface area contributed by atoms with E-state index in [0.29, 0.717) is 0 Å². The molecule has 0 unspecified atom stereocenters. The van der Waals surface area contributed by atoms with E-state index in [1.807, 2.05) is 42.5 Å². The zero-order chi connectivity index (χ0) is 17.8. The van der Waals surface area contributed by atoms with Crippen LogP contribution in [-0.4, -0.2) is 16.2 Å². The van der Waals surface area contributed by atoms with Crippen LogP contribution in [-0.2, 0) is 5.41 Å². The number of pyridine rings is 1. The fourth-order valence-electron chi connectivity index (χ4n) is 3.46. The van der Waals surface area contributed by atoms with Crippen LogP contribution in [0, 0.1) is 5.82 Å². The van der Waals surface area contributed by atoms with Gasteiger partial charge in [-0.05, 0) is 43.7 Å². The predicted molar refractivity (Wildman–Crippen MR) is 101 cm³/mol. The number of para-hydroxylation sites is 1. The Balaban J connectivity index is 1.99. The fourth-order valence-corrected chi connectivity index (χ4v) is 3.46. The Morgan fingerprint density at radius 1 is 0.880 bits per heavy atom. The maximum absolute atomic E-state index is 14.0. The molecule has 2 heterocycles. The van der Waals surface area contributed by atoms with Crippen LogP contribution in [0.1, 0.15) is 44.5 Å². The zero-order valence-electron chi connectivity index (χ0n) is 15.0. The number of aliphatic imine (C=N–C) groups is 1. The molecule has 0 saturated carbocycles. The van der Waals surface area contributed by atoms with E-state index in [0.717, 1.165) is 33.4 Å². The van der Waals surface area contributed by atoms with Gasteiger partial charge in [-0.3, -0.25) is 4.99 Å². The minimum absolute atomic E-state index is 0.198. The van der Waals surface area contributed by atoms with Gasteiger partial charge < -0.3 is 0 Å². The van der Waals surface area contributed by atoms with Crippen molar-refractivity contribution in [1.82, 2.24) is 4.98 Å². The average molecular weight is 332 g/mol. The van der Waals surface area contributed by atoms with Crippen LogP contribution >= 0.6 is 0 Å². The van der Waals surface area contributed by atoms with Crippen molar-refractivity contribution >= 4 is 16.6 Å². The minimum Gasteiger partial charge on any atom is -0.275 e. The third kappa shape index (κ3) is 2.38. The molecule has 2 aromatic carbocycles. The first-order valence-electron chi connectivity index (χ1n) is 8.56. The number of halogens is 1. The largest absolute Gasteiger partial charge is 0.275 e. The lowest BCUT2D eigenvalue weighted by Gasteiger charge is -2.44. The predicted octanol–water partition coefficient (Wildman–Crippen LogP) is 5.28. The van der Waals surface area contributed by atoms with Crippen LogP contribution in [0.2, 0.25) is 0 Å². The Morgan fingerprint density at radius 2 is 1.64 bits per heavy atom. The Bertz CT molecular complexity index is 1020. The fraction of sp³-hybridized carbons (Fsp3) is 0.273. The number of rotatable bonds is 1. The van der Waals surface area contributed by atoms with E-state index in [2.05, 4.69) is 27.7 Å². The number of hydrogen-bond donors (Lipinski definition) is 0. The second-order valence-corrected chi connectivity index (χ2v) is 7.72. The maximum atomic E-state index is 14.0. The first-order valence-corrected chi connectivity index (χ1v) is 8.56. The lowest BCUT2D eigenvalue weighted by molar-refractivity contribution is 0.303. The van der Waals surface area contributed by atoms with Crippen LogP contribution in [0.15, 0.2) is 59.6 Å². The van der Waals surface area contributed by atoms with Crippen molar-refractivity contribution in [3.8, 4) is 0 Å². The molecule has 0 amide bonds. The van der Waals surface area contributed by atoms with Gasteiger partial charge >= 0.3 is 0 Å². The van der Waals surface area contributed by atoms with Crippen molar-refractivity contribution in [2.24, 2.45) is 4.99 Å². The van der Waals surface area contributed by atoms with E-state index in [-0.39, 0.29) is 16.8 Å². The molecular weight excluding hydrogens is 311 g/mol. The number of nitrogens with zero attached hydrogens (tertiary/aromatic N) is 2. The minimum atomic E-state index is -0.319. The average Bonchev–Trinajstić information content (AvgIpc) is 2.58. The number of aromatic nitrogens is 1. The van der Waals surface area contributed by atoms with Gasteiger partial charge in [0.05, 0.1) is 22.5 Å². The molecule has 1 aromatic heterocycles. The standard InChI is InChI=1S/C22H21FN2/c1-21(2)17-11-10-15(23)13-16(17)20(25-22(21,3)4)19-12-9-14-7-5-6-8-18(14)24-19/h5-13H,1-4H3. The van der Waals surface area contributed by atoms with Crippen molar-refractivity contribution in [2.75, 3.05) is 0 Å². The lowest BCUT2D eigenvalue weighted by Crippen LogP contribution is -2.46. The van der Waals surface area contributed by atoms with Gasteiger partial charge in [0.1, 0.15) is 5.82 Å². The van der Waals surface area contributed by atoms with Gasteiger partial charge in [-0.2, -0.15) is 0 Å². The number of benzene rings is 2. The molecule has 0 spiro atoms. The summed E-state index contributed by atoms with van der Waals surface area (Å²) >= 11 is 0. The molecular formula is C22H21FN2. The van der Waals surface area contributed by atoms with Gasteiger partial charge in [0, 0.05) is 16.4 Å². The van der Waals surface area contributed by atoms with E-state index < -0.39 is 0 Å². The number of fused-ring (bicyclic) bond motifs is 2. The Morgan fingerprint density at radius 3 is 2.44 bits per heavy atom. The van der Waals surface area contributed by atoms with Gasteiger partial charge in [-0.1, -0.05) is 44.2 Å². The first-order chi connectivity index (χ1) is 11.8. The second-order valence-electron chi connectivity index (χ2n) is 7.72. The monoisotopic (exact) mass is 332 g/mol. The SMILES string of the molecule is CC1(C)N=C(c2ccc3ccccc3n2)c2cc(F)ccc2C1(C)C. The molecule has 2 nitrogen and oxygen atoms in total. The summed E-state index contributed by atoms with van der Waals surface area (Å²) in [5, 5.41) is 1.08. The normalized spacial score (nSPS) is 17.9. The van der Waals surface area contributed by atoms with Crippen LogP contribution in [0.3, 0.4) is 0 Å². The molecule has 1 aliphatic rings. The van der Waals surface area contributed by atoms with Gasteiger partial charge in [0.2, 0.25) is 0 Å². The molecule has 0 aliphatic carbocycles. The molecule has 126 valence electrons. The quantitative estimate of drug-likeness (QED) is 0.595. The van der Waals surface area contributed by atoms with Gasteiger partial charge in [0.15, 0.2) is 0 Å². The van der Waals surface area contributed by atoms with Gasteiger partial charge in [-0.25, -0.2) is 9.37 Å². The lowest BCUT2D eigenvalue weighted by atomic mass is 9.66. The van der Waals surface area contributed by atoms with Gasteiger partial charge in [-0.15, -0.1) is 0 Å². The third-order valence-electron chi connectivity index (χ3n) is 5.67. The van der Waals surface area contributed by atoms with Crippen LogP contribution in [0.4, 0.5) is 4.39 Å². The molecule has 0 bridgehead atoms. The van der Waals surface area contributed by atoms with Crippen molar-refractivity contribution in [3.05, 3.63) is 77.2 Å². The highest BCUT2D eigenvalue weighted by atomic mass is 19.1. The molecule has 0 saturated heterocycles. The topological polar surface area (TPSA) is 25.2 Å². The summed E-state index contributed by atoms with van der Waals surface area (Å²) in [4.78, 5) is 9.80. The Labute approximate surface area is 147 Å². The van der Waals surface area contributed by atoms with Crippen molar-refractivity contribution in [3.63, 3.8) is 0 Å². The molecule has 25 heavy (non-hydrogen) atoms. The molecule has 0 fully saturated rings. The van der Waals surface area contributed by atoms with E-state index in [1.54, 1.807) is 6.07 Å². The zero-order valence-corrected chi connectivity index (χ0v) is 15.0. The molecule has 4 rings (SSSR count). The molecule has 3 aromatic rings. The second kappa shape index (κ2) is 5.22. The third-order valence-corrected chi connectivity index (χ3v) is 5.67. The summed E-state index contributed by atoms with van der Waals surface area (Å²) in [6.45, 7) is 8.58. The maximum Gasteiger partial charge on any atom is 0.123 e. The Kier molecular flexibility index (Phi) is 3.33. The van der Waals surface area contributed by atoms with Crippen molar-refractivity contribution in [2.45, 2.75) is 38.6 Å². The molecule has 0 atom stereocenters.